The van der Waals surface area contributed by atoms with E-state index >= 15 is 0 Å². The van der Waals surface area contributed by atoms with Gasteiger partial charge in [-0.2, -0.15) is 0 Å². The Bertz CT molecular complexity index is 1250. The topological polar surface area (TPSA) is 122 Å². The summed E-state index contributed by atoms with van der Waals surface area (Å²) >= 11 is 0. The third-order valence-electron chi connectivity index (χ3n) is 11.5. The lowest BCUT2D eigenvalue weighted by atomic mass is 9.37. The average molecular weight is 557 g/mol. The molecule has 218 valence electrons. The van der Waals surface area contributed by atoms with Gasteiger partial charge in [-0.25, -0.2) is 0 Å². The van der Waals surface area contributed by atoms with Crippen LogP contribution in [0.5, 0.6) is 0 Å². The Hall–Kier alpha value is -2.68. The van der Waals surface area contributed by atoms with E-state index in [2.05, 4.69) is 6.92 Å². The predicted molar refractivity (Wildman–Crippen MR) is 139 cm³/mol. The van der Waals surface area contributed by atoms with E-state index in [0.717, 1.165) is 5.56 Å². The summed E-state index contributed by atoms with van der Waals surface area (Å²) in [5.74, 6) is -3.09. The number of epoxide rings is 1. The fourth-order valence-electron chi connectivity index (χ4n) is 9.57. The third kappa shape index (κ3) is 3.36. The minimum absolute atomic E-state index is 0.0150. The van der Waals surface area contributed by atoms with Gasteiger partial charge in [0, 0.05) is 40.1 Å². The van der Waals surface area contributed by atoms with Gasteiger partial charge in [-0.05, 0) is 24.8 Å². The molecule has 1 aromatic rings. The van der Waals surface area contributed by atoms with Gasteiger partial charge < -0.3 is 23.4 Å². The molecule has 2 aliphatic heterocycles. The van der Waals surface area contributed by atoms with Crippen LogP contribution in [0, 0.1) is 45.8 Å². The quantitative estimate of drug-likeness (QED) is 0.294. The summed E-state index contributed by atoms with van der Waals surface area (Å²) in [6.07, 6.45) is 3.02. The van der Waals surface area contributed by atoms with Gasteiger partial charge in [0.1, 0.15) is 29.7 Å². The summed E-state index contributed by atoms with van der Waals surface area (Å²) < 4.78 is 29.3. The maximum Gasteiger partial charge on any atom is 0.308 e. The first kappa shape index (κ1) is 27.5. The molecule has 0 amide bonds. The van der Waals surface area contributed by atoms with Gasteiger partial charge in [-0.3, -0.25) is 19.2 Å². The molecule has 3 saturated carbocycles. The van der Waals surface area contributed by atoms with Gasteiger partial charge >= 0.3 is 17.9 Å². The lowest BCUT2D eigenvalue weighted by molar-refractivity contribution is -0.222. The number of ketones is 1. The van der Waals surface area contributed by atoms with Crippen molar-refractivity contribution in [1.82, 2.24) is 0 Å². The number of carbonyl (C=O) groups excluding carboxylic acids is 4. The molecule has 5 fully saturated rings. The molecule has 1 spiro atoms. The molecule has 2 saturated heterocycles. The Morgan fingerprint density at radius 1 is 1.12 bits per heavy atom. The Labute approximate surface area is 234 Å². The number of rotatable bonds is 5. The van der Waals surface area contributed by atoms with Crippen LogP contribution < -0.4 is 0 Å². The molecular weight excluding hydrogens is 516 g/mol. The predicted octanol–water partition coefficient (Wildman–Crippen LogP) is 4.43. The van der Waals surface area contributed by atoms with E-state index in [0.29, 0.717) is 12.8 Å². The fourth-order valence-corrected chi connectivity index (χ4v) is 9.57. The summed E-state index contributed by atoms with van der Waals surface area (Å²) in [6, 6.07) is 1.83. The molecule has 6 rings (SSSR count). The van der Waals surface area contributed by atoms with Crippen molar-refractivity contribution in [3.8, 4) is 0 Å². The highest BCUT2D eigenvalue weighted by atomic mass is 16.6. The first-order valence-corrected chi connectivity index (χ1v) is 14.5. The van der Waals surface area contributed by atoms with Crippen LogP contribution in [0.15, 0.2) is 23.0 Å². The standard InChI is InChI=1S/C31H40O9/c1-15(2)27(35)39-25-22-23(34)30(6,18(28(25,3)4)12-20(32)36-7)17-8-10-29(5)19(31(17)26(22)40-31)13-21(33)38-24(29)16-9-11-37-14-16/h9,11,14-15,17-19,22,24-26H,8,10,12-13H2,1-7H3/t17-,18+,19-,22+,24+,25-,26-,29-,30-,31-/m1/s1. The van der Waals surface area contributed by atoms with Gasteiger partial charge in [0.05, 0.1) is 37.9 Å². The van der Waals surface area contributed by atoms with Crippen LogP contribution in [0.25, 0.3) is 0 Å². The second kappa shape index (κ2) is 8.66. The number of carbonyl (C=O) groups is 4. The number of hydrogen-bond acceptors (Lipinski definition) is 9. The van der Waals surface area contributed by atoms with Crippen LogP contribution in [0.1, 0.15) is 78.9 Å². The number of ether oxygens (including phenoxy) is 4. The zero-order valence-electron chi connectivity index (χ0n) is 24.4. The summed E-state index contributed by atoms with van der Waals surface area (Å²) in [5, 5.41) is 0. The number of methoxy groups -OCH3 is 1. The second-order valence-corrected chi connectivity index (χ2v) is 14.0. The van der Waals surface area contributed by atoms with E-state index < -0.39 is 63.9 Å². The van der Waals surface area contributed by atoms with Crippen molar-refractivity contribution >= 4 is 23.7 Å². The molecule has 9 nitrogen and oxygen atoms in total. The minimum atomic E-state index is -0.941. The number of Topliss-reactive ketones (excluding diaryl/α,β-unsaturated/α-hetero) is 1. The maximum atomic E-state index is 14.6. The van der Waals surface area contributed by atoms with Crippen molar-refractivity contribution < 1.29 is 42.5 Å². The van der Waals surface area contributed by atoms with Gasteiger partial charge in [0.25, 0.3) is 0 Å². The Morgan fingerprint density at radius 3 is 2.48 bits per heavy atom. The van der Waals surface area contributed by atoms with Crippen LogP contribution in [0.2, 0.25) is 0 Å². The average Bonchev–Trinajstić information content (AvgIpc) is 3.35. The Kier molecular flexibility index (Phi) is 5.95. The van der Waals surface area contributed by atoms with Crippen LogP contribution in [-0.4, -0.2) is 48.6 Å². The Morgan fingerprint density at radius 2 is 1.85 bits per heavy atom. The van der Waals surface area contributed by atoms with Crippen LogP contribution >= 0.6 is 0 Å². The first-order valence-electron chi connectivity index (χ1n) is 14.5. The second-order valence-electron chi connectivity index (χ2n) is 14.0. The number of cyclic esters (lactones) is 1. The first-order chi connectivity index (χ1) is 18.7. The van der Waals surface area contributed by atoms with Gasteiger partial charge in [0.2, 0.25) is 0 Å². The molecule has 1 aromatic heterocycles. The molecule has 5 aliphatic rings. The molecule has 2 bridgehead atoms. The Balaban J connectivity index is 1.49. The summed E-state index contributed by atoms with van der Waals surface area (Å²) in [6.45, 7) is 11.6. The van der Waals surface area contributed by atoms with Gasteiger partial charge in [0.15, 0.2) is 0 Å². The van der Waals surface area contributed by atoms with Crippen LogP contribution in [0.4, 0.5) is 0 Å². The lowest BCUT2D eigenvalue weighted by Crippen LogP contribution is -2.72. The van der Waals surface area contributed by atoms with Crippen LogP contribution in [-0.2, 0) is 38.1 Å². The van der Waals surface area contributed by atoms with Gasteiger partial charge in [-0.15, -0.1) is 0 Å². The number of hydrogen-bond donors (Lipinski definition) is 0. The van der Waals surface area contributed by atoms with E-state index in [1.165, 1.54) is 7.11 Å². The van der Waals surface area contributed by atoms with Crippen molar-refractivity contribution in [2.75, 3.05) is 7.11 Å². The zero-order chi connectivity index (χ0) is 29.0. The minimum Gasteiger partial charge on any atom is -0.472 e. The molecule has 10 atom stereocenters. The van der Waals surface area contributed by atoms with Crippen molar-refractivity contribution in [2.45, 2.75) is 91.1 Å². The number of fused-ring (bicyclic) bond motifs is 5. The third-order valence-corrected chi connectivity index (χ3v) is 11.5. The van der Waals surface area contributed by atoms with Gasteiger partial charge in [-0.1, -0.05) is 41.5 Å². The van der Waals surface area contributed by atoms with E-state index in [1.807, 2.05) is 26.8 Å². The molecule has 3 heterocycles. The monoisotopic (exact) mass is 556 g/mol. The zero-order valence-corrected chi connectivity index (χ0v) is 24.4. The molecule has 40 heavy (non-hydrogen) atoms. The molecule has 9 heteroatoms. The SMILES string of the molecule is COC(=O)C[C@H]1C(C)(C)[C@H](OC(=O)C(C)C)[C@@H]2C(=O)[C@]1(C)[C@H]1CC[C@]3(C)[C@@H](CC(=O)O[C@H]3c3ccoc3)[C@]13O[C@H]23. The molecule has 0 N–H and O–H groups in total. The molecule has 0 unspecified atom stereocenters. The largest absolute Gasteiger partial charge is 0.472 e. The van der Waals surface area contributed by atoms with E-state index in [1.54, 1.807) is 26.4 Å². The van der Waals surface area contributed by atoms with Crippen molar-refractivity contribution in [2.24, 2.45) is 45.8 Å². The highest BCUT2D eigenvalue weighted by Crippen LogP contribution is 2.77. The number of furan rings is 1. The summed E-state index contributed by atoms with van der Waals surface area (Å²) in [4.78, 5) is 53.5. The van der Waals surface area contributed by atoms with E-state index in [-0.39, 0.29) is 42.3 Å². The van der Waals surface area contributed by atoms with E-state index in [4.69, 9.17) is 23.4 Å². The normalized spacial score (nSPS) is 44.5. The summed E-state index contributed by atoms with van der Waals surface area (Å²) in [7, 11) is 1.35. The maximum absolute atomic E-state index is 14.6. The smallest absolute Gasteiger partial charge is 0.308 e. The lowest BCUT2D eigenvalue weighted by Gasteiger charge is -2.65. The van der Waals surface area contributed by atoms with E-state index in [9.17, 15) is 19.2 Å². The highest BCUT2D eigenvalue weighted by Gasteiger charge is 2.86. The van der Waals surface area contributed by atoms with Crippen LogP contribution in [0.3, 0.4) is 0 Å². The molecule has 0 aromatic carbocycles. The van der Waals surface area contributed by atoms with Crippen molar-refractivity contribution in [1.29, 1.82) is 0 Å². The fraction of sp³-hybridized carbons (Fsp3) is 0.742. The molecule has 3 aliphatic carbocycles. The van der Waals surface area contributed by atoms with Crippen molar-refractivity contribution in [3.63, 3.8) is 0 Å². The summed E-state index contributed by atoms with van der Waals surface area (Å²) in [5.41, 5.74) is -2.07. The molecular formula is C31H40O9. The molecule has 0 radical (unpaired) electrons. The number of esters is 3. The highest BCUT2D eigenvalue weighted by molar-refractivity contribution is 5.93. The van der Waals surface area contributed by atoms with Crippen molar-refractivity contribution in [3.05, 3.63) is 24.2 Å².